The molecule has 3 aromatic rings. The molecule has 1 amide bonds. The summed E-state index contributed by atoms with van der Waals surface area (Å²) in [6.45, 7) is 3.40. The van der Waals surface area contributed by atoms with Gasteiger partial charge in [-0.05, 0) is 19.8 Å². The number of anilines is 1. The lowest BCUT2D eigenvalue weighted by Gasteiger charge is -2.32. The van der Waals surface area contributed by atoms with Gasteiger partial charge in [-0.15, -0.1) is 0 Å². The van der Waals surface area contributed by atoms with E-state index >= 15 is 0 Å². The second-order valence-corrected chi connectivity index (χ2v) is 6.31. The monoisotopic (exact) mass is 369 g/mol. The van der Waals surface area contributed by atoms with Crippen LogP contribution in [0.3, 0.4) is 0 Å². The number of nitrogens with one attached hydrogen (secondary N) is 1. The molecule has 4 rings (SSSR count). The SMILES string of the molecule is Cc1noc(CNC(=O)C2CCCN(c3cc(-n4cncn4)ncn3)C2)n1. The summed E-state index contributed by atoms with van der Waals surface area (Å²) in [7, 11) is 0. The smallest absolute Gasteiger partial charge is 0.246 e. The van der Waals surface area contributed by atoms with Gasteiger partial charge >= 0.3 is 0 Å². The second kappa shape index (κ2) is 7.48. The first-order valence-electron chi connectivity index (χ1n) is 8.68. The van der Waals surface area contributed by atoms with E-state index in [4.69, 9.17) is 4.52 Å². The Morgan fingerprint density at radius 2 is 2.22 bits per heavy atom. The molecule has 0 saturated carbocycles. The van der Waals surface area contributed by atoms with Crippen LogP contribution < -0.4 is 10.2 Å². The van der Waals surface area contributed by atoms with E-state index in [2.05, 4.69) is 40.4 Å². The number of carbonyl (C=O) groups is 1. The molecule has 0 aromatic carbocycles. The van der Waals surface area contributed by atoms with Crippen LogP contribution in [-0.4, -0.2) is 53.9 Å². The summed E-state index contributed by atoms with van der Waals surface area (Å²) in [6, 6.07) is 1.84. The number of amides is 1. The molecule has 3 aromatic heterocycles. The van der Waals surface area contributed by atoms with Crippen LogP contribution in [0.2, 0.25) is 0 Å². The molecule has 1 saturated heterocycles. The maximum atomic E-state index is 12.5. The summed E-state index contributed by atoms with van der Waals surface area (Å²) in [6.07, 6.45) is 6.26. The highest BCUT2D eigenvalue weighted by Crippen LogP contribution is 2.22. The molecule has 140 valence electrons. The van der Waals surface area contributed by atoms with E-state index in [-0.39, 0.29) is 18.4 Å². The molecule has 1 fully saturated rings. The Hall–Kier alpha value is -3.37. The minimum atomic E-state index is -0.132. The first-order valence-corrected chi connectivity index (χ1v) is 8.68. The summed E-state index contributed by atoms with van der Waals surface area (Å²) in [4.78, 5) is 31.2. The van der Waals surface area contributed by atoms with Gasteiger partial charge in [-0.3, -0.25) is 4.79 Å². The van der Waals surface area contributed by atoms with E-state index in [0.29, 0.717) is 24.1 Å². The Balaban J connectivity index is 1.40. The van der Waals surface area contributed by atoms with Crippen molar-refractivity contribution in [3.8, 4) is 5.82 Å². The molecule has 1 atom stereocenters. The maximum Gasteiger partial charge on any atom is 0.246 e. The van der Waals surface area contributed by atoms with Gasteiger partial charge in [0.05, 0.1) is 12.5 Å². The Morgan fingerprint density at radius 1 is 1.33 bits per heavy atom. The molecule has 1 aliphatic rings. The van der Waals surface area contributed by atoms with E-state index < -0.39 is 0 Å². The zero-order chi connectivity index (χ0) is 18.6. The van der Waals surface area contributed by atoms with Crippen molar-refractivity contribution in [1.82, 2.24) is 40.2 Å². The third kappa shape index (κ3) is 3.91. The van der Waals surface area contributed by atoms with Crippen molar-refractivity contribution in [2.75, 3.05) is 18.0 Å². The highest BCUT2D eigenvalue weighted by Gasteiger charge is 2.27. The molecule has 11 heteroatoms. The number of piperidine rings is 1. The normalized spacial score (nSPS) is 17.1. The number of hydrogen-bond donors (Lipinski definition) is 1. The lowest BCUT2D eigenvalue weighted by atomic mass is 9.97. The van der Waals surface area contributed by atoms with E-state index in [1.165, 1.54) is 12.7 Å². The van der Waals surface area contributed by atoms with E-state index in [9.17, 15) is 4.79 Å². The Labute approximate surface area is 154 Å². The van der Waals surface area contributed by atoms with E-state index in [0.717, 1.165) is 25.2 Å². The minimum Gasteiger partial charge on any atom is -0.356 e. The van der Waals surface area contributed by atoms with Crippen molar-refractivity contribution in [2.24, 2.45) is 5.92 Å². The van der Waals surface area contributed by atoms with Crippen LogP contribution in [-0.2, 0) is 11.3 Å². The molecule has 4 heterocycles. The van der Waals surface area contributed by atoms with Crippen LogP contribution in [0.5, 0.6) is 0 Å². The van der Waals surface area contributed by atoms with Gasteiger partial charge < -0.3 is 14.7 Å². The first-order chi connectivity index (χ1) is 13.2. The van der Waals surface area contributed by atoms with E-state index in [1.807, 2.05) is 6.07 Å². The predicted octanol–water partition coefficient (Wildman–Crippen LogP) is 0.282. The molecule has 0 spiro atoms. The largest absolute Gasteiger partial charge is 0.356 e. The average Bonchev–Trinajstić information content (AvgIpc) is 3.38. The van der Waals surface area contributed by atoms with Gasteiger partial charge in [-0.25, -0.2) is 19.6 Å². The van der Waals surface area contributed by atoms with Gasteiger partial charge in [0.25, 0.3) is 0 Å². The summed E-state index contributed by atoms with van der Waals surface area (Å²) in [5, 5.41) is 10.7. The molecule has 0 aliphatic carbocycles. The number of rotatable bonds is 5. The fourth-order valence-corrected chi connectivity index (χ4v) is 3.08. The standard InChI is InChI=1S/C16H19N9O2/c1-11-22-15(27-23-11)6-18-16(26)12-3-2-4-24(7-12)13-5-14(20-9-19-13)25-10-17-8-21-25/h5,8-10,12H,2-4,6-7H2,1H3,(H,18,26). The van der Waals surface area contributed by atoms with E-state index in [1.54, 1.807) is 17.9 Å². The Morgan fingerprint density at radius 3 is 3.00 bits per heavy atom. The highest BCUT2D eigenvalue weighted by atomic mass is 16.5. The Bertz CT molecular complexity index is 908. The van der Waals surface area contributed by atoms with Gasteiger partial charge in [0.1, 0.15) is 24.8 Å². The summed E-state index contributed by atoms with van der Waals surface area (Å²) in [5.74, 6) is 2.20. The number of aromatic nitrogens is 7. The predicted molar refractivity (Wildman–Crippen MR) is 92.8 cm³/mol. The average molecular weight is 369 g/mol. The fraction of sp³-hybridized carbons (Fsp3) is 0.438. The van der Waals surface area contributed by atoms with Crippen LogP contribution in [0.4, 0.5) is 5.82 Å². The summed E-state index contributed by atoms with van der Waals surface area (Å²) >= 11 is 0. The molecular formula is C16H19N9O2. The summed E-state index contributed by atoms with van der Waals surface area (Å²) in [5.41, 5.74) is 0. The molecule has 1 unspecified atom stereocenters. The van der Waals surface area contributed by atoms with Crippen molar-refractivity contribution in [3.05, 3.63) is 36.8 Å². The van der Waals surface area contributed by atoms with Crippen molar-refractivity contribution in [1.29, 1.82) is 0 Å². The van der Waals surface area contributed by atoms with Crippen LogP contribution in [0.25, 0.3) is 5.82 Å². The van der Waals surface area contributed by atoms with Gasteiger partial charge in [0.15, 0.2) is 11.6 Å². The fourth-order valence-electron chi connectivity index (χ4n) is 3.08. The maximum absolute atomic E-state index is 12.5. The number of carbonyl (C=O) groups excluding carboxylic acids is 1. The van der Waals surface area contributed by atoms with Gasteiger partial charge in [-0.2, -0.15) is 10.1 Å². The molecule has 0 radical (unpaired) electrons. The third-order valence-electron chi connectivity index (χ3n) is 4.39. The number of nitrogens with zero attached hydrogens (tertiary/aromatic N) is 8. The second-order valence-electron chi connectivity index (χ2n) is 6.31. The van der Waals surface area contributed by atoms with Crippen LogP contribution in [0.15, 0.2) is 29.6 Å². The van der Waals surface area contributed by atoms with Crippen molar-refractivity contribution in [2.45, 2.75) is 26.3 Å². The first kappa shape index (κ1) is 17.1. The molecule has 1 N–H and O–H groups in total. The summed E-state index contributed by atoms with van der Waals surface area (Å²) < 4.78 is 6.60. The Kier molecular flexibility index (Phi) is 4.73. The highest BCUT2D eigenvalue weighted by molar-refractivity contribution is 5.79. The lowest BCUT2D eigenvalue weighted by molar-refractivity contribution is -0.125. The zero-order valence-corrected chi connectivity index (χ0v) is 14.8. The molecule has 1 aliphatic heterocycles. The number of hydrogen-bond acceptors (Lipinski definition) is 9. The van der Waals surface area contributed by atoms with Crippen molar-refractivity contribution < 1.29 is 9.32 Å². The van der Waals surface area contributed by atoms with Crippen LogP contribution >= 0.6 is 0 Å². The topological polar surface area (TPSA) is 128 Å². The molecular weight excluding hydrogens is 350 g/mol. The van der Waals surface area contributed by atoms with Gasteiger partial charge in [-0.1, -0.05) is 5.16 Å². The van der Waals surface area contributed by atoms with Crippen LogP contribution in [0.1, 0.15) is 24.6 Å². The zero-order valence-electron chi connectivity index (χ0n) is 14.8. The van der Waals surface area contributed by atoms with Gasteiger partial charge in [0, 0.05) is 19.2 Å². The third-order valence-corrected chi connectivity index (χ3v) is 4.39. The van der Waals surface area contributed by atoms with Crippen LogP contribution in [0, 0.1) is 12.8 Å². The van der Waals surface area contributed by atoms with Gasteiger partial charge in [0.2, 0.25) is 11.8 Å². The molecule has 0 bridgehead atoms. The molecule has 11 nitrogen and oxygen atoms in total. The van der Waals surface area contributed by atoms with Crippen molar-refractivity contribution in [3.63, 3.8) is 0 Å². The lowest BCUT2D eigenvalue weighted by Crippen LogP contribution is -2.43. The molecule has 27 heavy (non-hydrogen) atoms. The van der Waals surface area contributed by atoms with Crippen molar-refractivity contribution >= 4 is 11.7 Å². The minimum absolute atomic E-state index is 0.0268. The quantitative estimate of drug-likeness (QED) is 0.674. The number of aryl methyl sites for hydroxylation is 1.